The van der Waals surface area contributed by atoms with Crippen molar-refractivity contribution in [2.45, 2.75) is 297 Å². The Morgan fingerprint density at radius 3 is 1.12 bits per heavy atom. The summed E-state index contributed by atoms with van der Waals surface area (Å²) in [5.41, 5.74) is 0. The summed E-state index contributed by atoms with van der Waals surface area (Å²) in [4.78, 5) is 25.5. The Bertz CT molecular complexity index is 1130. The number of allylic oxidation sites excluding steroid dienone is 10. The lowest BCUT2D eigenvalue weighted by molar-refractivity contribution is -0.163. The van der Waals surface area contributed by atoms with Crippen LogP contribution in [0.4, 0.5) is 0 Å². The minimum atomic E-state index is -0.541. The number of rotatable bonds is 53. The van der Waals surface area contributed by atoms with Gasteiger partial charge in [-0.3, -0.25) is 9.59 Å². The Kier molecular flexibility index (Phi) is 54.9. The summed E-state index contributed by atoms with van der Waals surface area (Å²) in [6.07, 6.45) is 72.4. The zero-order valence-corrected chi connectivity index (χ0v) is 44.2. The second-order valence-corrected chi connectivity index (χ2v) is 19.2. The molecule has 0 aromatic rings. The maximum Gasteiger partial charge on any atom is 0.306 e. The van der Waals surface area contributed by atoms with Crippen molar-refractivity contribution in [1.29, 1.82) is 0 Å². The van der Waals surface area contributed by atoms with Crippen molar-refractivity contribution >= 4 is 11.9 Å². The van der Waals surface area contributed by atoms with Crippen molar-refractivity contribution in [2.75, 3.05) is 19.8 Å². The molecule has 0 heterocycles. The molecule has 384 valence electrons. The topological polar surface area (TPSA) is 61.8 Å². The largest absolute Gasteiger partial charge is 0.462 e. The highest BCUT2D eigenvalue weighted by atomic mass is 16.6. The van der Waals surface area contributed by atoms with Gasteiger partial charge in [0, 0.05) is 19.4 Å². The molecule has 0 spiro atoms. The van der Waals surface area contributed by atoms with E-state index in [9.17, 15) is 9.59 Å². The molecule has 1 atom stereocenters. The van der Waals surface area contributed by atoms with Crippen LogP contribution in [-0.2, 0) is 23.8 Å². The van der Waals surface area contributed by atoms with Crippen molar-refractivity contribution in [3.8, 4) is 0 Å². The van der Waals surface area contributed by atoms with E-state index >= 15 is 0 Å². The third kappa shape index (κ3) is 54.2. The summed E-state index contributed by atoms with van der Waals surface area (Å²) in [5, 5.41) is 0. The maximum absolute atomic E-state index is 12.8. The zero-order valence-electron chi connectivity index (χ0n) is 44.2. The lowest BCUT2D eigenvalue weighted by atomic mass is 10.0. The van der Waals surface area contributed by atoms with E-state index in [4.69, 9.17) is 14.2 Å². The number of ether oxygens (including phenoxy) is 3. The highest BCUT2D eigenvalue weighted by molar-refractivity contribution is 5.70. The van der Waals surface area contributed by atoms with Crippen molar-refractivity contribution < 1.29 is 23.8 Å². The van der Waals surface area contributed by atoms with Crippen molar-refractivity contribution in [3.05, 3.63) is 60.8 Å². The Morgan fingerprint density at radius 2 is 0.682 bits per heavy atom. The molecule has 5 heteroatoms. The summed E-state index contributed by atoms with van der Waals surface area (Å²) in [7, 11) is 0. The summed E-state index contributed by atoms with van der Waals surface area (Å²) in [6.45, 7) is 7.72. The van der Waals surface area contributed by atoms with Crippen molar-refractivity contribution in [2.24, 2.45) is 0 Å². The number of unbranched alkanes of at least 4 members (excludes halogenated alkanes) is 32. The van der Waals surface area contributed by atoms with E-state index in [-0.39, 0.29) is 25.2 Å². The molecular formula is C61H110O5. The second kappa shape index (κ2) is 56.9. The van der Waals surface area contributed by atoms with Gasteiger partial charge in [0.05, 0.1) is 6.61 Å². The Hall–Kier alpha value is -2.40. The summed E-state index contributed by atoms with van der Waals surface area (Å²) in [6, 6.07) is 0. The molecule has 66 heavy (non-hydrogen) atoms. The number of hydrogen-bond acceptors (Lipinski definition) is 5. The van der Waals surface area contributed by atoms with Crippen LogP contribution in [0.25, 0.3) is 0 Å². The number of carbonyl (C=O) groups is 2. The number of carbonyl (C=O) groups excluding carboxylic acids is 2. The van der Waals surface area contributed by atoms with Gasteiger partial charge in [0.15, 0.2) is 6.10 Å². The van der Waals surface area contributed by atoms with Gasteiger partial charge < -0.3 is 14.2 Å². The van der Waals surface area contributed by atoms with Crippen LogP contribution in [0.2, 0.25) is 0 Å². The molecule has 0 aliphatic heterocycles. The molecule has 0 bridgehead atoms. The molecule has 0 aromatic carbocycles. The lowest BCUT2D eigenvalue weighted by Gasteiger charge is -2.18. The minimum Gasteiger partial charge on any atom is -0.462 e. The Morgan fingerprint density at radius 1 is 0.348 bits per heavy atom. The van der Waals surface area contributed by atoms with E-state index in [1.807, 2.05) is 0 Å². The molecular weight excluding hydrogens is 813 g/mol. The van der Waals surface area contributed by atoms with Crippen LogP contribution in [0.5, 0.6) is 0 Å². The first kappa shape index (κ1) is 63.6. The maximum atomic E-state index is 12.8. The minimum absolute atomic E-state index is 0.0811. The quantitative estimate of drug-likeness (QED) is 0.0346. The summed E-state index contributed by atoms with van der Waals surface area (Å²) >= 11 is 0. The second-order valence-electron chi connectivity index (χ2n) is 19.2. The van der Waals surface area contributed by atoms with Gasteiger partial charge in [-0.1, -0.05) is 255 Å². The van der Waals surface area contributed by atoms with E-state index in [2.05, 4.69) is 81.5 Å². The predicted octanol–water partition coefficient (Wildman–Crippen LogP) is 19.7. The molecule has 0 aromatic heterocycles. The highest BCUT2D eigenvalue weighted by Crippen LogP contribution is 2.16. The van der Waals surface area contributed by atoms with Crippen molar-refractivity contribution in [1.82, 2.24) is 0 Å². The van der Waals surface area contributed by atoms with Crippen LogP contribution in [0.3, 0.4) is 0 Å². The third-order valence-electron chi connectivity index (χ3n) is 12.5. The molecule has 0 aliphatic rings. The fourth-order valence-corrected chi connectivity index (χ4v) is 8.26. The lowest BCUT2D eigenvalue weighted by Crippen LogP contribution is -2.30. The van der Waals surface area contributed by atoms with Gasteiger partial charge in [-0.15, -0.1) is 0 Å². The fourth-order valence-electron chi connectivity index (χ4n) is 8.26. The SMILES string of the molecule is CC/C=C\C/C=C\C/C=C\CCCCCCCCCC(=O)OCC(COCCCCCCCCCCCC/C=C\C/C=C\CCCCC)OC(=O)CCCCCCCCCCCCCCC. The average molecular weight is 924 g/mol. The monoisotopic (exact) mass is 923 g/mol. The third-order valence-corrected chi connectivity index (χ3v) is 12.5. The Balaban J connectivity index is 4.24. The molecule has 1 unspecified atom stereocenters. The summed E-state index contributed by atoms with van der Waals surface area (Å²) < 4.78 is 17.5. The van der Waals surface area contributed by atoms with Gasteiger partial charge in [0.25, 0.3) is 0 Å². The van der Waals surface area contributed by atoms with Gasteiger partial charge in [-0.05, 0) is 83.5 Å². The normalized spacial score (nSPS) is 12.6. The zero-order chi connectivity index (χ0) is 47.7. The molecule has 5 nitrogen and oxygen atoms in total. The van der Waals surface area contributed by atoms with E-state index in [1.54, 1.807) is 0 Å². The molecule has 0 rings (SSSR count). The van der Waals surface area contributed by atoms with E-state index in [0.717, 1.165) is 77.0 Å². The van der Waals surface area contributed by atoms with E-state index in [0.29, 0.717) is 19.4 Å². The van der Waals surface area contributed by atoms with Gasteiger partial charge in [-0.25, -0.2) is 0 Å². The molecule has 0 radical (unpaired) electrons. The number of esters is 2. The molecule has 0 amide bonds. The van der Waals surface area contributed by atoms with Crippen LogP contribution in [-0.4, -0.2) is 37.9 Å². The Labute approximate surface area is 411 Å². The first-order valence-corrected chi connectivity index (χ1v) is 28.8. The van der Waals surface area contributed by atoms with Crippen LogP contribution in [0.15, 0.2) is 60.8 Å². The van der Waals surface area contributed by atoms with E-state index in [1.165, 1.54) is 180 Å². The van der Waals surface area contributed by atoms with Crippen LogP contribution in [0, 0.1) is 0 Å². The molecule has 0 aliphatic carbocycles. The smallest absolute Gasteiger partial charge is 0.306 e. The van der Waals surface area contributed by atoms with Gasteiger partial charge >= 0.3 is 11.9 Å². The van der Waals surface area contributed by atoms with Crippen LogP contribution < -0.4 is 0 Å². The van der Waals surface area contributed by atoms with Gasteiger partial charge in [-0.2, -0.15) is 0 Å². The summed E-state index contributed by atoms with van der Waals surface area (Å²) in [5.74, 6) is -0.397. The van der Waals surface area contributed by atoms with Gasteiger partial charge in [0.1, 0.15) is 6.61 Å². The molecule has 0 fully saturated rings. The molecule has 0 saturated carbocycles. The fraction of sp³-hybridized carbons (Fsp3) is 0.803. The highest BCUT2D eigenvalue weighted by Gasteiger charge is 2.17. The van der Waals surface area contributed by atoms with Crippen LogP contribution >= 0.6 is 0 Å². The first-order chi connectivity index (χ1) is 32.6. The predicted molar refractivity (Wildman–Crippen MR) is 288 cm³/mol. The van der Waals surface area contributed by atoms with Crippen LogP contribution in [0.1, 0.15) is 290 Å². The first-order valence-electron chi connectivity index (χ1n) is 28.8. The standard InChI is InChI=1S/C61H110O5/c1-4-7-10-13-16-19-22-25-27-29-30-31-33-35-38-41-44-47-50-53-56-64-57-59(66-61(63)55-52-49-46-43-40-36-24-21-18-15-12-9-6-3)58-65-60(62)54-51-48-45-42-39-37-34-32-28-26-23-20-17-14-11-8-5-2/h8,11,16-17,19-20,25-28,59H,4-7,9-10,12-15,18,21-24,29-58H2,1-3H3/b11-8-,19-16-,20-17-,27-25-,28-26-. The number of hydrogen-bond donors (Lipinski definition) is 0. The van der Waals surface area contributed by atoms with E-state index < -0.39 is 6.10 Å². The van der Waals surface area contributed by atoms with Crippen molar-refractivity contribution in [3.63, 3.8) is 0 Å². The van der Waals surface area contributed by atoms with Gasteiger partial charge in [0.2, 0.25) is 0 Å². The average Bonchev–Trinajstić information content (AvgIpc) is 3.32. The molecule has 0 saturated heterocycles. The molecule has 0 N–H and O–H groups in total.